The van der Waals surface area contributed by atoms with Gasteiger partial charge in [-0.2, -0.15) is 0 Å². The molecule has 0 radical (unpaired) electrons. The highest BCUT2D eigenvalue weighted by Crippen LogP contribution is 2.15. The molecule has 3 N–H and O–H groups in total. The van der Waals surface area contributed by atoms with Gasteiger partial charge in [-0.05, 0) is 18.2 Å². The van der Waals surface area contributed by atoms with Crippen LogP contribution < -0.4 is 10.6 Å². The van der Waals surface area contributed by atoms with Crippen LogP contribution in [0.2, 0.25) is 0 Å². The number of carbonyl (C=O) groups excluding carboxylic acids is 2. The second-order valence-corrected chi connectivity index (χ2v) is 3.72. The number of nitrogens with one attached hydrogen (secondary N) is 2. The number of hydrogen-bond donors (Lipinski definition) is 3. The van der Waals surface area contributed by atoms with Crippen molar-refractivity contribution in [2.75, 3.05) is 24.4 Å². The van der Waals surface area contributed by atoms with E-state index in [1.807, 2.05) is 0 Å². The third-order valence-corrected chi connectivity index (χ3v) is 2.07. The molecule has 0 spiro atoms. The summed E-state index contributed by atoms with van der Waals surface area (Å²) in [5.41, 5.74) is 0.923. The van der Waals surface area contributed by atoms with Gasteiger partial charge in [0.15, 0.2) is 0 Å². The van der Waals surface area contributed by atoms with E-state index in [0.29, 0.717) is 11.4 Å². The first kappa shape index (κ1) is 15.4. The van der Waals surface area contributed by atoms with Crippen molar-refractivity contribution in [1.82, 2.24) is 0 Å². The predicted molar refractivity (Wildman–Crippen MR) is 72.4 cm³/mol. The number of methoxy groups -OCH3 is 1. The number of carbonyl (C=O) groups is 3. The molecule has 0 bridgehead atoms. The Hall–Kier alpha value is -2.67. The molecular formula is C13H14N2O5. The molecule has 0 aliphatic heterocycles. The largest absolute Gasteiger partial charge is 0.478 e. The summed E-state index contributed by atoms with van der Waals surface area (Å²) in [6, 6.07) is 6.44. The normalized spacial score (nSPS) is 10.2. The summed E-state index contributed by atoms with van der Waals surface area (Å²) < 4.78 is 4.68. The number of amides is 2. The molecule has 7 nitrogen and oxygen atoms in total. The Morgan fingerprint density at radius 2 is 1.85 bits per heavy atom. The zero-order valence-corrected chi connectivity index (χ0v) is 10.8. The molecule has 0 aliphatic rings. The molecule has 0 unspecified atom stereocenters. The van der Waals surface area contributed by atoms with Crippen molar-refractivity contribution < 1.29 is 24.2 Å². The fourth-order valence-electron chi connectivity index (χ4n) is 1.33. The molecule has 1 rings (SSSR count). The van der Waals surface area contributed by atoms with Crippen molar-refractivity contribution in [3.8, 4) is 0 Å². The SMILES string of the molecule is COCC(=O)Nc1cccc(NC(=O)/C=C/C(=O)O)c1. The first-order valence-electron chi connectivity index (χ1n) is 5.62. The molecule has 106 valence electrons. The zero-order valence-electron chi connectivity index (χ0n) is 10.8. The summed E-state index contributed by atoms with van der Waals surface area (Å²) in [5, 5.41) is 13.4. The molecule has 0 aromatic heterocycles. The van der Waals surface area contributed by atoms with E-state index in [9.17, 15) is 14.4 Å². The third kappa shape index (κ3) is 5.78. The summed E-state index contributed by atoms with van der Waals surface area (Å²) in [6.45, 7) is -0.0715. The van der Waals surface area contributed by atoms with E-state index >= 15 is 0 Å². The number of ether oxygens (including phenoxy) is 1. The van der Waals surface area contributed by atoms with Crippen molar-refractivity contribution in [3.63, 3.8) is 0 Å². The van der Waals surface area contributed by atoms with Gasteiger partial charge in [-0.3, -0.25) is 9.59 Å². The molecule has 20 heavy (non-hydrogen) atoms. The van der Waals surface area contributed by atoms with Gasteiger partial charge >= 0.3 is 5.97 Å². The molecular weight excluding hydrogens is 264 g/mol. The fraction of sp³-hybridized carbons (Fsp3) is 0.154. The molecule has 1 aromatic carbocycles. The van der Waals surface area contributed by atoms with Crippen LogP contribution >= 0.6 is 0 Å². The molecule has 2 amide bonds. The number of rotatable bonds is 6. The Kier molecular flexibility index (Phi) is 5.92. The number of anilines is 2. The van der Waals surface area contributed by atoms with E-state index in [0.717, 1.165) is 12.2 Å². The average molecular weight is 278 g/mol. The van der Waals surface area contributed by atoms with Crippen LogP contribution in [-0.2, 0) is 19.1 Å². The second kappa shape index (κ2) is 7.70. The molecule has 0 heterocycles. The van der Waals surface area contributed by atoms with Gasteiger partial charge < -0.3 is 20.5 Å². The van der Waals surface area contributed by atoms with Crippen molar-refractivity contribution >= 4 is 29.2 Å². The minimum atomic E-state index is -1.21. The van der Waals surface area contributed by atoms with Crippen LogP contribution in [0.4, 0.5) is 11.4 Å². The van der Waals surface area contributed by atoms with Crippen LogP contribution in [0.3, 0.4) is 0 Å². The molecule has 1 aromatic rings. The second-order valence-electron chi connectivity index (χ2n) is 3.72. The Bertz CT molecular complexity index is 539. The van der Waals surface area contributed by atoms with E-state index in [1.165, 1.54) is 7.11 Å². The molecule has 0 saturated carbocycles. The van der Waals surface area contributed by atoms with Crippen molar-refractivity contribution in [3.05, 3.63) is 36.4 Å². The highest BCUT2D eigenvalue weighted by molar-refractivity contribution is 6.02. The standard InChI is InChI=1S/C13H14N2O5/c1-20-8-12(17)15-10-4-2-3-9(7-10)14-11(16)5-6-13(18)19/h2-7H,8H2,1H3,(H,14,16)(H,15,17)(H,18,19)/b6-5+. The lowest BCUT2D eigenvalue weighted by molar-refractivity contribution is -0.131. The van der Waals surface area contributed by atoms with Crippen LogP contribution in [0.25, 0.3) is 0 Å². The number of aliphatic carboxylic acids is 1. The van der Waals surface area contributed by atoms with Gasteiger partial charge in [-0.15, -0.1) is 0 Å². The van der Waals surface area contributed by atoms with E-state index in [2.05, 4.69) is 15.4 Å². The lowest BCUT2D eigenvalue weighted by Gasteiger charge is -2.07. The highest BCUT2D eigenvalue weighted by atomic mass is 16.5. The van der Waals surface area contributed by atoms with Gasteiger partial charge in [0.05, 0.1) is 0 Å². The minimum Gasteiger partial charge on any atom is -0.478 e. The zero-order chi connectivity index (χ0) is 15.0. The quantitative estimate of drug-likeness (QED) is 0.669. The Morgan fingerprint density at radius 3 is 2.45 bits per heavy atom. The van der Waals surface area contributed by atoms with E-state index in [-0.39, 0.29) is 12.5 Å². The minimum absolute atomic E-state index is 0.0715. The fourth-order valence-corrected chi connectivity index (χ4v) is 1.33. The summed E-state index contributed by atoms with van der Waals surface area (Å²) in [4.78, 5) is 33.0. The van der Waals surface area contributed by atoms with Crippen LogP contribution in [-0.4, -0.2) is 36.6 Å². The van der Waals surface area contributed by atoms with Crippen molar-refractivity contribution in [2.24, 2.45) is 0 Å². The van der Waals surface area contributed by atoms with Gasteiger partial charge in [0.25, 0.3) is 0 Å². The number of carboxylic acid groups (broad SMARTS) is 1. The Balaban J connectivity index is 2.66. The molecule has 0 atom stereocenters. The third-order valence-electron chi connectivity index (χ3n) is 2.07. The molecule has 0 fully saturated rings. The number of carboxylic acids is 1. The Labute approximate surface area is 115 Å². The Morgan fingerprint density at radius 1 is 1.20 bits per heavy atom. The van der Waals surface area contributed by atoms with Crippen LogP contribution in [0.5, 0.6) is 0 Å². The monoisotopic (exact) mass is 278 g/mol. The van der Waals surface area contributed by atoms with Gasteiger partial charge in [-0.1, -0.05) is 6.07 Å². The smallest absolute Gasteiger partial charge is 0.328 e. The van der Waals surface area contributed by atoms with Gasteiger partial charge in [0.1, 0.15) is 6.61 Å². The number of benzene rings is 1. The van der Waals surface area contributed by atoms with Gasteiger partial charge in [-0.25, -0.2) is 4.79 Å². The van der Waals surface area contributed by atoms with Gasteiger partial charge in [0, 0.05) is 30.6 Å². The average Bonchev–Trinajstić information content (AvgIpc) is 2.37. The lowest BCUT2D eigenvalue weighted by Crippen LogP contribution is -2.17. The topological polar surface area (TPSA) is 105 Å². The summed E-state index contributed by atoms with van der Waals surface area (Å²) in [5.74, 6) is -2.10. The van der Waals surface area contributed by atoms with Crippen molar-refractivity contribution in [2.45, 2.75) is 0 Å². The summed E-state index contributed by atoms with van der Waals surface area (Å²) in [6.07, 6.45) is 1.64. The summed E-state index contributed by atoms with van der Waals surface area (Å²) in [7, 11) is 1.41. The molecule has 0 saturated heterocycles. The van der Waals surface area contributed by atoms with Crippen molar-refractivity contribution in [1.29, 1.82) is 0 Å². The van der Waals surface area contributed by atoms with Gasteiger partial charge in [0.2, 0.25) is 11.8 Å². The maximum Gasteiger partial charge on any atom is 0.328 e. The molecule has 7 heteroatoms. The summed E-state index contributed by atoms with van der Waals surface area (Å²) >= 11 is 0. The lowest BCUT2D eigenvalue weighted by atomic mass is 10.2. The highest BCUT2D eigenvalue weighted by Gasteiger charge is 2.03. The first-order chi connectivity index (χ1) is 9.51. The van der Waals surface area contributed by atoms with Crippen LogP contribution in [0.15, 0.2) is 36.4 Å². The maximum absolute atomic E-state index is 11.4. The number of hydrogen-bond acceptors (Lipinski definition) is 4. The van der Waals surface area contributed by atoms with E-state index < -0.39 is 11.9 Å². The van der Waals surface area contributed by atoms with E-state index in [4.69, 9.17) is 5.11 Å². The maximum atomic E-state index is 11.4. The van der Waals surface area contributed by atoms with Crippen LogP contribution in [0.1, 0.15) is 0 Å². The van der Waals surface area contributed by atoms with Crippen LogP contribution in [0, 0.1) is 0 Å². The molecule has 0 aliphatic carbocycles. The van der Waals surface area contributed by atoms with E-state index in [1.54, 1.807) is 24.3 Å². The predicted octanol–water partition coefficient (Wildman–Crippen LogP) is 0.851. The first-order valence-corrected chi connectivity index (χ1v) is 5.62.